The maximum Gasteiger partial charge on any atom is 0.303 e. The molecule has 4 rings (SSSR count). The van der Waals surface area contributed by atoms with Crippen LogP contribution in [0.15, 0.2) is 72.8 Å². The molecule has 0 aliphatic rings. The third kappa shape index (κ3) is 13.0. The van der Waals surface area contributed by atoms with Crippen LogP contribution in [0, 0.1) is 47.9 Å². The molecule has 49 heavy (non-hydrogen) atoms. The normalized spacial score (nSPS) is 10.0. The summed E-state index contributed by atoms with van der Waals surface area (Å²) in [6.45, 7) is 7.99. The number of carbonyl (C=O) groups is 2. The number of ether oxygens (including phenoxy) is 2. The van der Waals surface area contributed by atoms with Crippen LogP contribution in [0.1, 0.15) is 46.2 Å². The topological polar surface area (TPSA) is 197 Å². The van der Waals surface area contributed by atoms with Crippen LogP contribution in [-0.4, -0.2) is 41.0 Å². The third-order valence-electron chi connectivity index (χ3n) is 7.49. The zero-order valence-corrected chi connectivity index (χ0v) is 28.4. The number of nitrogen functional groups attached to an aromatic ring is 1. The number of anilines is 2. The molecule has 0 unspecified atom stereocenters. The van der Waals surface area contributed by atoms with Crippen molar-refractivity contribution in [3.8, 4) is 11.5 Å². The van der Waals surface area contributed by atoms with Crippen LogP contribution in [0.2, 0.25) is 0 Å². The Kier molecular flexibility index (Phi) is 15.2. The Labute approximate surface area is 285 Å². The van der Waals surface area contributed by atoms with Crippen LogP contribution >= 0.6 is 0 Å². The Morgan fingerprint density at radius 1 is 0.735 bits per heavy atom. The Balaban J connectivity index is 0.000000283. The van der Waals surface area contributed by atoms with Crippen LogP contribution in [0.3, 0.4) is 0 Å². The molecule has 0 heterocycles. The molecule has 0 saturated heterocycles. The predicted molar refractivity (Wildman–Crippen MR) is 188 cm³/mol. The SMILES string of the molecule is COc1cc(CCC(=O)Nc2cccc([N+](=O)[O-])c2)cc(C)c1C.COc1cc(CCC(=O)O)cc(C)c1C.Nc1cccc([N+](=O)[O-])c1. The first kappa shape index (κ1) is 39.2. The van der Waals surface area contributed by atoms with Crippen molar-refractivity contribution < 1.29 is 34.0 Å². The Morgan fingerprint density at radius 3 is 1.63 bits per heavy atom. The van der Waals surface area contributed by atoms with E-state index in [1.807, 2.05) is 52.0 Å². The number of non-ortho nitro benzene ring substituents is 2. The van der Waals surface area contributed by atoms with Gasteiger partial charge < -0.3 is 25.6 Å². The van der Waals surface area contributed by atoms with Gasteiger partial charge in [0.2, 0.25) is 5.91 Å². The number of nitrogens with one attached hydrogen (secondary N) is 1. The second-order valence-corrected chi connectivity index (χ2v) is 11.1. The maximum atomic E-state index is 12.1. The average molecular weight is 675 g/mol. The number of aliphatic carboxylic acids is 1. The van der Waals surface area contributed by atoms with Gasteiger partial charge in [-0.2, -0.15) is 0 Å². The lowest BCUT2D eigenvalue weighted by atomic mass is 10.0. The summed E-state index contributed by atoms with van der Waals surface area (Å²) >= 11 is 0. The first-order valence-corrected chi connectivity index (χ1v) is 15.2. The fourth-order valence-electron chi connectivity index (χ4n) is 4.58. The van der Waals surface area contributed by atoms with Gasteiger partial charge in [-0.1, -0.05) is 24.3 Å². The summed E-state index contributed by atoms with van der Waals surface area (Å²) in [4.78, 5) is 42.4. The Bertz CT molecular complexity index is 1790. The molecule has 13 heteroatoms. The number of nitro benzene ring substituents is 2. The predicted octanol–water partition coefficient (Wildman–Crippen LogP) is 7.30. The number of carboxylic acids is 1. The molecule has 13 nitrogen and oxygen atoms in total. The molecule has 0 aromatic heterocycles. The van der Waals surface area contributed by atoms with Gasteiger partial charge in [-0.3, -0.25) is 29.8 Å². The van der Waals surface area contributed by atoms with Gasteiger partial charge in [0.05, 0.1) is 24.1 Å². The number of aryl methyl sites for hydroxylation is 4. The second-order valence-electron chi connectivity index (χ2n) is 11.1. The molecule has 0 bridgehead atoms. The quantitative estimate of drug-likeness (QED) is 0.0824. The van der Waals surface area contributed by atoms with E-state index >= 15 is 0 Å². The third-order valence-corrected chi connectivity index (χ3v) is 7.49. The van der Waals surface area contributed by atoms with Gasteiger partial charge in [0.1, 0.15) is 11.5 Å². The molecular weight excluding hydrogens is 632 g/mol. The van der Waals surface area contributed by atoms with E-state index in [2.05, 4.69) is 5.32 Å². The zero-order chi connectivity index (χ0) is 36.7. The molecule has 4 aromatic rings. The van der Waals surface area contributed by atoms with E-state index < -0.39 is 15.8 Å². The van der Waals surface area contributed by atoms with E-state index in [1.54, 1.807) is 38.5 Å². The van der Waals surface area contributed by atoms with Crippen molar-refractivity contribution in [2.24, 2.45) is 0 Å². The monoisotopic (exact) mass is 674 g/mol. The minimum Gasteiger partial charge on any atom is -0.496 e. The molecule has 1 amide bonds. The number of carboxylic acid groups (broad SMARTS) is 1. The van der Waals surface area contributed by atoms with Gasteiger partial charge in [0.25, 0.3) is 11.4 Å². The van der Waals surface area contributed by atoms with Crippen molar-refractivity contribution in [1.82, 2.24) is 0 Å². The van der Waals surface area contributed by atoms with Crippen LogP contribution < -0.4 is 20.5 Å². The first-order valence-electron chi connectivity index (χ1n) is 15.2. The van der Waals surface area contributed by atoms with Gasteiger partial charge in [-0.15, -0.1) is 0 Å². The average Bonchev–Trinajstić information content (AvgIpc) is 3.06. The van der Waals surface area contributed by atoms with Crippen LogP contribution in [0.4, 0.5) is 22.7 Å². The number of hydrogen-bond donors (Lipinski definition) is 3. The van der Waals surface area contributed by atoms with Crippen molar-refractivity contribution >= 4 is 34.6 Å². The highest BCUT2D eigenvalue weighted by Gasteiger charge is 2.11. The highest BCUT2D eigenvalue weighted by molar-refractivity contribution is 5.91. The fourth-order valence-corrected chi connectivity index (χ4v) is 4.58. The molecule has 4 aromatic carbocycles. The Morgan fingerprint density at radius 2 is 1.20 bits per heavy atom. The van der Waals surface area contributed by atoms with Gasteiger partial charge >= 0.3 is 5.97 Å². The zero-order valence-electron chi connectivity index (χ0n) is 28.4. The maximum absolute atomic E-state index is 12.1. The summed E-state index contributed by atoms with van der Waals surface area (Å²) < 4.78 is 10.6. The molecule has 0 radical (unpaired) electrons. The molecule has 0 atom stereocenters. The summed E-state index contributed by atoms with van der Waals surface area (Å²) in [5.41, 5.74) is 12.6. The molecule has 0 aliphatic heterocycles. The largest absolute Gasteiger partial charge is 0.496 e. The van der Waals surface area contributed by atoms with E-state index in [0.29, 0.717) is 24.2 Å². The molecule has 0 fully saturated rings. The number of rotatable bonds is 11. The number of nitro groups is 2. The van der Waals surface area contributed by atoms with E-state index in [1.165, 1.54) is 24.3 Å². The first-order chi connectivity index (χ1) is 23.1. The van der Waals surface area contributed by atoms with Gasteiger partial charge in [-0.25, -0.2) is 0 Å². The van der Waals surface area contributed by atoms with Gasteiger partial charge in [0, 0.05) is 48.5 Å². The molecule has 4 N–H and O–H groups in total. The standard InChI is InChI=1S/C18H20N2O4.C12H16O3.C6H6N2O2/c1-12-9-14(10-17(24-3)13(12)2)7-8-18(21)19-15-5-4-6-16(11-15)20(22)23;1-8-6-10(4-5-12(13)14)7-11(15-3)9(8)2;7-5-2-1-3-6(4-5)8(9)10/h4-6,9-11H,7-8H2,1-3H3,(H,19,21);6-7H,4-5H2,1-3H3,(H,13,14);1-4H,7H2. The number of hydrogen-bond acceptors (Lipinski definition) is 9. The minimum atomic E-state index is -0.771. The van der Waals surface area contributed by atoms with Crippen LogP contribution in [0.5, 0.6) is 11.5 Å². The van der Waals surface area contributed by atoms with E-state index in [0.717, 1.165) is 44.9 Å². The van der Waals surface area contributed by atoms with Crippen molar-refractivity contribution in [3.63, 3.8) is 0 Å². The summed E-state index contributed by atoms with van der Waals surface area (Å²) in [7, 11) is 3.25. The molecule has 0 saturated carbocycles. The Hall–Kier alpha value is -5.98. The van der Waals surface area contributed by atoms with Crippen LogP contribution in [-0.2, 0) is 22.4 Å². The molecule has 260 valence electrons. The molecule has 0 aliphatic carbocycles. The highest BCUT2D eigenvalue weighted by atomic mass is 16.6. The van der Waals surface area contributed by atoms with Crippen molar-refractivity contribution in [1.29, 1.82) is 0 Å². The van der Waals surface area contributed by atoms with Crippen molar-refractivity contribution in [3.05, 3.63) is 126 Å². The number of nitrogens with two attached hydrogens (primary N) is 1. The summed E-state index contributed by atoms with van der Waals surface area (Å²) in [5.74, 6) is 0.680. The lowest BCUT2D eigenvalue weighted by molar-refractivity contribution is -0.385. The highest BCUT2D eigenvalue weighted by Crippen LogP contribution is 2.25. The van der Waals surface area contributed by atoms with Gasteiger partial charge in [0.15, 0.2) is 0 Å². The van der Waals surface area contributed by atoms with E-state index in [4.69, 9.17) is 20.3 Å². The molecule has 0 spiro atoms. The van der Waals surface area contributed by atoms with Crippen molar-refractivity contribution in [2.45, 2.75) is 53.4 Å². The van der Waals surface area contributed by atoms with Crippen molar-refractivity contribution in [2.75, 3.05) is 25.3 Å². The lowest BCUT2D eigenvalue weighted by Gasteiger charge is -2.11. The summed E-state index contributed by atoms with van der Waals surface area (Å²) in [6, 6.07) is 19.7. The number of benzene rings is 4. The molecular formula is C36H42N4O9. The lowest BCUT2D eigenvalue weighted by Crippen LogP contribution is -2.12. The van der Waals surface area contributed by atoms with Gasteiger partial charge in [-0.05, 0) is 98.2 Å². The second kappa shape index (κ2) is 19.0. The number of amides is 1. The fraction of sp³-hybridized carbons (Fsp3) is 0.278. The number of methoxy groups -OCH3 is 2. The van der Waals surface area contributed by atoms with E-state index in [9.17, 15) is 29.8 Å². The number of carbonyl (C=O) groups excluding carboxylic acids is 1. The summed E-state index contributed by atoms with van der Waals surface area (Å²) in [5, 5.41) is 32.1. The van der Waals surface area contributed by atoms with E-state index in [-0.39, 0.29) is 30.1 Å². The summed E-state index contributed by atoms with van der Waals surface area (Å²) in [6.07, 6.45) is 1.56. The van der Waals surface area contributed by atoms with Crippen LogP contribution in [0.25, 0.3) is 0 Å². The minimum absolute atomic E-state index is 0.0278. The number of nitrogens with zero attached hydrogens (tertiary/aromatic N) is 2. The smallest absolute Gasteiger partial charge is 0.303 e.